The molecule has 19 heteroatoms. The van der Waals surface area contributed by atoms with E-state index in [-0.39, 0.29) is 46.7 Å². The van der Waals surface area contributed by atoms with Gasteiger partial charge in [0.05, 0.1) is 14.2 Å². The Balaban J connectivity index is -0.000000680. The number of aliphatic carboxylic acids is 1. The predicted molar refractivity (Wildman–Crippen MR) is 199 cm³/mol. The minimum absolute atomic E-state index is 0. The van der Waals surface area contributed by atoms with E-state index in [4.69, 9.17) is 29.2 Å². The Morgan fingerprint density at radius 1 is 0.661 bits per heavy atom. The van der Waals surface area contributed by atoms with E-state index in [9.17, 15) is 28.8 Å². The first-order valence-electron chi connectivity index (χ1n) is 18.1. The molecule has 0 aromatic carbocycles. The van der Waals surface area contributed by atoms with Gasteiger partial charge in [0, 0.05) is 40.0 Å². The number of hydrogen-bond acceptors (Lipinski definition) is 14. The van der Waals surface area contributed by atoms with E-state index >= 15 is 0 Å². The van der Waals surface area contributed by atoms with Gasteiger partial charge < -0.3 is 44.1 Å². The Kier molecular flexibility index (Phi) is 28.0. The summed E-state index contributed by atoms with van der Waals surface area (Å²) in [6.45, 7) is 19.5. The minimum atomic E-state index is -0.960. The molecule has 0 radical (unpaired) electrons. The number of nitrogens with zero attached hydrogens (tertiary/aromatic N) is 3. The summed E-state index contributed by atoms with van der Waals surface area (Å²) in [5.74, 6) is -1.84. The number of carboxylic acids is 1. The molecule has 3 N–H and O–H groups in total. The van der Waals surface area contributed by atoms with Gasteiger partial charge in [-0.3, -0.25) is 14.7 Å². The maximum atomic E-state index is 11.8. The van der Waals surface area contributed by atoms with Gasteiger partial charge in [-0.2, -0.15) is 0 Å². The molecule has 18 nitrogen and oxygen atoms in total. The van der Waals surface area contributed by atoms with E-state index < -0.39 is 59.1 Å². The number of methoxy groups -OCH3 is 2. The summed E-state index contributed by atoms with van der Waals surface area (Å²) in [4.78, 5) is 72.8. The van der Waals surface area contributed by atoms with E-state index in [2.05, 4.69) is 9.47 Å². The van der Waals surface area contributed by atoms with Gasteiger partial charge in [0.1, 0.15) is 34.6 Å². The fourth-order valence-electron chi connectivity index (χ4n) is 5.13. The number of aliphatic hydroxyl groups excluding tert-OH is 1. The van der Waals surface area contributed by atoms with Crippen molar-refractivity contribution in [3.05, 3.63) is 11.8 Å². The molecule has 2 atom stereocenters. The molecule has 0 aliphatic carbocycles. The van der Waals surface area contributed by atoms with E-state index in [1.165, 1.54) is 41.8 Å². The number of ether oxygens (including phenoxy) is 6. The molecule has 0 saturated carbocycles. The second-order valence-corrected chi connectivity index (χ2v) is 15.3. The van der Waals surface area contributed by atoms with Crippen molar-refractivity contribution in [3.63, 3.8) is 0 Å². The molecule has 3 saturated heterocycles. The number of carbonyl (C=O) groups is 6. The number of amides is 3. The molecule has 0 aromatic rings. The van der Waals surface area contributed by atoms with Crippen LogP contribution in [0.3, 0.4) is 0 Å². The maximum Gasteiger partial charge on any atom is 1.00 e. The average Bonchev–Trinajstić information content (AvgIpc) is 3.91. The van der Waals surface area contributed by atoms with Crippen molar-refractivity contribution in [2.24, 2.45) is 0 Å². The molecule has 0 unspecified atom stereocenters. The Morgan fingerprint density at radius 2 is 1.07 bits per heavy atom. The predicted octanol–water partition coefficient (Wildman–Crippen LogP) is 1.95. The number of likely N-dealkylation sites (tertiary alicyclic amines) is 2. The van der Waals surface area contributed by atoms with Gasteiger partial charge in [0.25, 0.3) is 0 Å². The number of carboxylic acid groups (broad SMARTS) is 1. The van der Waals surface area contributed by atoms with Crippen molar-refractivity contribution in [2.75, 3.05) is 54.2 Å². The molecular formula is C37H66N3NaO15. The number of aliphatic hydroxyl groups is 1. The van der Waals surface area contributed by atoms with Crippen LogP contribution < -0.4 is 29.6 Å². The first-order valence-corrected chi connectivity index (χ1v) is 18.1. The summed E-state index contributed by atoms with van der Waals surface area (Å²) in [5, 5.41) is 15.9. The molecule has 0 bridgehead atoms. The maximum absolute atomic E-state index is 11.8. The van der Waals surface area contributed by atoms with Crippen molar-refractivity contribution < 1.29 is 102 Å². The van der Waals surface area contributed by atoms with Gasteiger partial charge >= 0.3 is 65.7 Å². The van der Waals surface area contributed by atoms with Crippen LogP contribution in [-0.2, 0) is 42.8 Å². The molecule has 0 spiro atoms. The van der Waals surface area contributed by atoms with Crippen LogP contribution in [0.25, 0.3) is 0 Å². The smallest absolute Gasteiger partial charge is 0.870 e. The Morgan fingerprint density at radius 3 is 1.43 bits per heavy atom. The summed E-state index contributed by atoms with van der Waals surface area (Å²) < 4.78 is 29.7. The third-order valence-corrected chi connectivity index (χ3v) is 7.34. The number of carbonyl (C=O) groups excluding carboxylic acids is 5. The van der Waals surface area contributed by atoms with Gasteiger partial charge in [-0.15, -0.1) is 0 Å². The van der Waals surface area contributed by atoms with Crippen molar-refractivity contribution in [1.82, 2.24) is 14.7 Å². The fraction of sp³-hybridized carbons (Fsp3) is 0.784. The van der Waals surface area contributed by atoms with Crippen molar-refractivity contribution in [1.29, 1.82) is 0 Å². The molecule has 4 heterocycles. The average molecular weight is 816 g/mol. The third kappa shape index (κ3) is 22.5. The second-order valence-electron chi connectivity index (χ2n) is 15.3. The van der Waals surface area contributed by atoms with E-state index in [1.807, 2.05) is 0 Å². The summed E-state index contributed by atoms with van der Waals surface area (Å²) in [5.41, 5.74) is -1.43. The molecule has 56 heavy (non-hydrogen) atoms. The molecule has 4 aliphatic heterocycles. The zero-order valence-corrected chi connectivity index (χ0v) is 37.8. The van der Waals surface area contributed by atoms with Gasteiger partial charge in [-0.1, -0.05) is 6.08 Å². The van der Waals surface area contributed by atoms with E-state index in [1.54, 1.807) is 68.4 Å². The quantitative estimate of drug-likeness (QED) is 0.235. The van der Waals surface area contributed by atoms with Crippen LogP contribution in [-0.4, -0.2) is 150 Å². The SMILES string of the molecule is C1CCOC1.CC(C)(C)OC(=O)N1CCC[C@H]1C(=O)O.CO.COC(=O)C1=CCCN1C(=O)OC(C)(C)C.COC(=O)[C@@H]1CCCN1C(=O)OC(C)(C)C.[Na+].[OH-]. The topological polar surface area (TPSA) is 238 Å². The molecule has 0 aromatic heterocycles. The van der Waals surface area contributed by atoms with Gasteiger partial charge in [0.15, 0.2) is 0 Å². The summed E-state index contributed by atoms with van der Waals surface area (Å²) in [7, 11) is 3.61. The van der Waals surface area contributed by atoms with E-state index in [0.29, 0.717) is 38.9 Å². The number of hydrogen-bond donors (Lipinski definition) is 2. The molecule has 3 fully saturated rings. The molecular weight excluding hydrogens is 749 g/mol. The van der Waals surface area contributed by atoms with Crippen molar-refractivity contribution in [2.45, 2.75) is 136 Å². The molecule has 320 valence electrons. The third-order valence-electron chi connectivity index (χ3n) is 7.34. The molecule has 3 amide bonds. The van der Waals surface area contributed by atoms with Gasteiger partial charge in [-0.25, -0.2) is 28.8 Å². The second kappa shape index (κ2) is 27.5. The largest absolute Gasteiger partial charge is 1.00 e. The zero-order valence-electron chi connectivity index (χ0n) is 35.8. The van der Waals surface area contributed by atoms with Crippen molar-refractivity contribution in [3.8, 4) is 0 Å². The monoisotopic (exact) mass is 815 g/mol. The van der Waals surface area contributed by atoms with E-state index in [0.717, 1.165) is 33.2 Å². The van der Waals surface area contributed by atoms with Crippen LogP contribution >= 0.6 is 0 Å². The summed E-state index contributed by atoms with van der Waals surface area (Å²) in [6, 6.07) is -1.21. The minimum Gasteiger partial charge on any atom is -0.870 e. The Bertz CT molecular complexity index is 1250. The van der Waals surface area contributed by atoms with Crippen LogP contribution in [0, 0.1) is 0 Å². The number of rotatable bonds is 3. The van der Waals surface area contributed by atoms with Crippen LogP contribution in [0.2, 0.25) is 0 Å². The van der Waals surface area contributed by atoms with Crippen LogP contribution in [0.5, 0.6) is 0 Å². The van der Waals surface area contributed by atoms with Crippen molar-refractivity contribution >= 4 is 36.2 Å². The summed E-state index contributed by atoms with van der Waals surface area (Å²) >= 11 is 0. The standard InChI is InChI=1S/C11H19NO4.C11H17NO4.C10H17NO4.C4H8O.CH4O.Na.H2O/c2*1-11(2,3)16-10(14)12-7-5-6-8(12)9(13)15-4;1-10(2,3)15-9(14)11-6-4-5-7(11)8(12)13;1-2-4-5-3-1;1-2;;/h8H,5-7H2,1-4H3;6H,5,7H2,1-4H3;7H,4-6H2,1-3H3,(H,12,13);1-4H2;2H,1H3;;1H2/q;;;;;+1;/p-1/t8-;;7-;;;;/m0.0..../s1. The fourth-order valence-corrected chi connectivity index (χ4v) is 5.13. The zero-order chi connectivity index (χ0) is 41.9. The van der Waals surface area contributed by atoms with Gasteiger partial charge in [-0.05, 0) is 107 Å². The molecule has 4 rings (SSSR count). The Labute approximate surface area is 354 Å². The van der Waals surface area contributed by atoms with Crippen LogP contribution in [0.1, 0.15) is 107 Å². The first-order chi connectivity index (χ1) is 25.0. The summed E-state index contributed by atoms with van der Waals surface area (Å²) in [6.07, 6.45) is 6.06. The normalized spacial score (nSPS) is 18.4. The van der Waals surface area contributed by atoms with Crippen LogP contribution in [0.15, 0.2) is 11.8 Å². The Hall–Kier alpha value is -3.16. The van der Waals surface area contributed by atoms with Crippen LogP contribution in [0.4, 0.5) is 14.4 Å². The van der Waals surface area contributed by atoms with Gasteiger partial charge in [0.2, 0.25) is 0 Å². The molecule has 4 aliphatic rings. The number of esters is 2. The first kappa shape index (κ1) is 57.2.